The first kappa shape index (κ1) is 17.0. The summed E-state index contributed by atoms with van der Waals surface area (Å²) in [7, 11) is 1.77. The summed E-state index contributed by atoms with van der Waals surface area (Å²) >= 11 is 0. The predicted molar refractivity (Wildman–Crippen MR) is 101 cm³/mol. The van der Waals surface area contributed by atoms with Gasteiger partial charge in [-0.15, -0.1) is 0 Å². The van der Waals surface area contributed by atoms with Crippen LogP contribution in [0.4, 0.5) is 5.69 Å². The summed E-state index contributed by atoms with van der Waals surface area (Å²) < 4.78 is 1.73. The van der Waals surface area contributed by atoms with E-state index in [4.69, 9.17) is 5.26 Å². The van der Waals surface area contributed by atoms with Gasteiger partial charge in [0.25, 0.3) is 5.91 Å². The van der Waals surface area contributed by atoms with Crippen LogP contribution >= 0.6 is 0 Å². The highest BCUT2D eigenvalue weighted by molar-refractivity contribution is 6.13. The van der Waals surface area contributed by atoms with Crippen LogP contribution in [0.15, 0.2) is 54.1 Å². The van der Waals surface area contributed by atoms with E-state index in [-0.39, 0.29) is 5.57 Å². The Labute approximate surface area is 151 Å². The summed E-state index contributed by atoms with van der Waals surface area (Å²) in [5.41, 5.74) is 2.59. The van der Waals surface area contributed by atoms with Gasteiger partial charge in [-0.25, -0.2) is 0 Å². The molecule has 3 aromatic rings. The van der Waals surface area contributed by atoms with Crippen molar-refractivity contribution in [3.63, 3.8) is 0 Å². The fraction of sp³-hybridized carbons (Fsp3) is 0.0952. The molecule has 1 amide bonds. The van der Waals surface area contributed by atoms with Gasteiger partial charge in [-0.1, -0.05) is 36.4 Å². The van der Waals surface area contributed by atoms with Gasteiger partial charge >= 0.3 is 0 Å². The van der Waals surface area contributed by atoms with Crippen molar-refractivity contribution in [3.8, 4) is 12.1 Å². The van der Waals surface area contributed by atoms with Crippen molar-refractivity contribution >= 4 is 28.4 Å². The summed E-state index contributed by atoms with van der Waals surface area (Å²) in [5.74, 6) is -0.481. The van der Waals surface area contributed by atoms with Crippen LogP contribution in [0.1, 0.15) is 17.0 Å². The maximum absolute atomic E-state index is 12.6. The summed E-state index contributed by atoms with van der Waals surface area (Å²) in [6.07, 6.45) is 1.51. The number of amides is 1. The summed E-state index contributed by atoms with van der Waals surface area (Å²) in [4.78, 5) is 12.6. The fourth-order valence-electron chi connectivity index (χ4n) is 2.80. The molecule has 0 unspecified atom stereocenters. The molecule has 1 aromatic heterocycles. The van der Waals surface area contributed by atoms with Crippen LogP contribution in [0.3, 0.4) is 0 Å². The number of carbonyl (C=O) groups is 1. The van der Waals surface area contributed by atoms with Crippen LogP contribution < -0.4 is 5.32 Å². The number of rotatable bonds is 3. The number of nitrogens with zero attached hydrogens (tertiary/aromatic N) is 3. The maximum atomic E-state index is 12.6. The second-order valence-corrected chi connectivity index (χ2v) is 5.89. The van der Waals surface area contributed by atoms with Gasteiger partial charge < -0.3 is 9.88 Å². The average Bonchev–Trinajstić information content (AvgIpc) is 2.94. The van der Waals surface area contributed by atoms with E-state index >= 15 is 0 Å². The van der Waals surface area contributed by atoms with Gasteiger partial charge in [0.15, 0.2) is 0 Å². The van der Waals surface area contributed by atoms with Gasteiger partial charge in [0, 0.05) is 23.8 Å². The largest absolute Gasteiger partial charge is 0.339 e. The minimum absolute atomic E-state index is 0.0175. The van der Waals surface area contributed by atoms with Crippen molar-refractivity contribution in [2.24, 2.45) is 7.05 Å². The number of nitriles is 2. The van der Waals surface area contributed by atoms with Crippen LogP contribution in [-0.4, -0.2) is 10.5 Å². The normalized spacial score (nSPS) is 11.0. The SMILES string of the molecule is Cc1c(/C=C(\C#N)C(=O)Nc2cccc3ccccc23)cc(C#N)n1C. The first-order chi connectivity index (χ1) is 12.5. The predicted octanol–water partition coefficient (Wildman–Crippen LogP) is 3.90. The molecule has 0 spiro atoms. The number of aromatic nitrogens is 1. The highest BCUT2D eigenvalue weighted by Gasteiger charge is 2.14. The molecule has 1 heterocycles. The smallest absolute Gasteiger partial charge is 0.266 e. The lowest BCUT2D eigenvalue weighted by molar-refractivity contribution is -0.112. The standard InChI is InChI=1S/C21H16N4O/c1-14-16(11-18(13-23)25(14)2)10-17(12-22)21(26)24-20-9-5-7-15-6-3-4-8-19(15)20/h3-11H,1-2H3,(H,24,26)/b17-10+. The average molecular weight is 340 g/mol. The quantitative estimate of drug-likeness (QED) is 0.580. The highest BCUT2D eigenvalue weighted by atomic mass is 16.1. The molecule has 3 rings (SSSR count). The van der Waals surface area contributed by atoms with Gasteiger partial charge in [0.2, 0.25) is 0 Å². The Morgan fingerprint density at radius 2 is 1.88 bits per heavy atom. The van der Waals surface area contributed by atoms with E-state index in [1.54, 1.807) is 23.7 Å². The first-order valence-corrected chi connectivity index (χ1v) is 8.02. The Morgan fingerprint density at radius 3 is 2.58 bits per heavy atom. The summed E-state index contributed by atoms with van der Waals surface area (Å²) in [5, 5.41) is 23.3. The van der Waals surface area contributed by atoms with Crippen LogP contribution in [0.2, 0.25) is 0 Å². The number of hydrogen-bond acceptors (Lipinski definition) is 3. The molecule has 5 heteroatoms. The Bertz CT molecular complexity index is 1120. The Hall–Kier alpha value is -3.83. The van der Waals surface area contributed by atoms with Gasteiger partial charge in [0.1, 0.15) is 23.4 Å². The minimum Gasteiger partial charge on any atom is -0.339 e. The molecular weight excluding hydrogens is 324 g/mol. The van der Waals surface area contributed by atoms with E-state index in [1.165, 1.54) is 6.08 Å². The van der Waals surface area contributed by atoms with Gasteiger partial charge in [0.05, 0.1) is 0 Å². The molecule has 0 aliphatic rings. The zero-order chi connectivity index (χ0) is 18.7. The number of carbonyl (C=O) groups excluding carboxylic acids is 1. The molecule has 0 atom stereocenters. The molecular formula is C21H16N4O. The van der Waals surface area contributed by atoms with Crippen molar-refractivity contribution in [2.75, 3.05) is 5.32 Å². The van der Waals surface area contributed by atoms with Crippen molar-refractivity contribution in [1.29, 1.82) is 10.5 Å². The molecule has 0 saturated carbocycles. The topological polar surface area (TPSA) is 81.6 Å². The molecule has 0 aliphatic heterocycles. The fourth-order valence-corrected chi connectivity index (χ4v) is 2.80. The van der Waals surface area contributed by atoms with E-state index in [0.29, 0.717) is 16.9 Å². The molecule has 2 aromatic carbocycles. The monoisotopic (exact) mass is 340 g/mol. The second-order valence-electron chi connectivity index (χ2n) is 5.89. The minimum atomic E-state index is -0.481. The van der Waals surface area contributed by atoms with Crippen LogP contribution in [-0.2, 0) is 11.8 Å². The van der Waals surface area contributed by atoms with E-state index in [1.807, 2.05) is 49.4 Å². The van der Waals surface area contributed by atoms with Crippen molar-refractivity contribution in [1.82, 2.24) is 4.57 Å². The molecule has 0 aliphatic carbocycles. The molecule has 1 N–H and O–H groups in total. The number of hydrogen-bond donors (Lipinski definition) is 1. The zero-order valence-corrected chi connectivity index (χ0v) is 14.4. The Kier molecular flexibility index (Phi) is 4.55. The zero-order valence-electron chi connectivity index (χ0n) is 14.4. The van der Waals surface area contributed by atoms with E-state index in [2.05, 4.69) is 11.4 Å². The molecule has 5 nitrogen and oxygen atoms in total. The van der Waals surface area contributed by atoms with Crippen molar-refractivity contribution in [2.45, 2.75) is 6.92 Å². The van der Waals surface area contributed by atoms with Crippen LogP contribution in [0.25, 0.3) is 16.8 Å². The lowest BCUT2D eigenvalue weighted by Gasteiger charge is -2.08. The summed E-state index contributed by atoms with van der Waals surface area (Å²) in [6.45, 7) is 1.84. The van der Waals surface area contributed by atoms with E-state index < -0.39 is 5.91 Å². The molecule has 126 valence electrons. The third kappa shape index (κ3) is 3.07. The van der Waals surface area contributed by atoms with Gasteiger partial charge in [-0.2, -0.15) is 10.5 Å². The molecule has 0 saturated heterocycles. The van der Waals surface area contributed by atoms with Gasteiger partial charge in [-0.3, -0.25) is 4.79 Å². The van der Waals surface area contributed by atoms with Gasteiger partial charge in [-0.05, 0) is 36.1 Å². The Balaban J connectivity index is 1.95. The van der Waals surface area contributed by atoms with E-state index in [9.17, 15) is 10.1 Å². The first-order valence-electron chi connectivity index (χ1n) is 8.02. The molecule has 0 radical (unpaired) electrons. The summed E-state index contributed by atoms with van der Waals surface area (Å²) in [6, 6.07) is 19.0. The Morgan fingerprint density at radius 1 is 1.15 bits per heavy atom. The van der Waals surface area contributed by atoms with Crippen LogP contribution in [0, 0.1) is 29.6 Å². The number of fused-ring (bicyclic) bond motifs is 1. The third-order valence-corrected chi connectivity index (χ3v) is 4.39. The molecule has 0 fully saturated rings. The second kappa shape index (κ2) is 6.96. The van der Waals surface area contributed by atoms with Crippen molar-refractivity contribution in [3.05, 3.63) is 71.1 Å². The van der Waals surface area contributed by atoms with Crippen molar-refractivity contribution < 1.29 is 4.79 Å². The number of benzene rings is 2. The number of anilines is 1. The highest BCUT2D eigenvalue weighted by Crippen LogP contribution is 2.24. The van der Waals surface area contributed by atoms with E-state index in [0.717, 1.165) is 16.5 Å². The van der Waals surface area contributed by atoms with Crippen LogP contribution in [0.5, 0.6) is 0 Å². The lowest BCUT2D eigenvalue weighted by atomic mass is 10.1. The number of nitrogens with one attached hydrogen (secondary N) is 1. The third-order valence-electron chi connectivity index (χ3n) is 4.39. The molecule has 0 bridgehead atoms. The lowest BCUT2D eigenvalue weighted by Crippen LogP contribution is -2.13. The maximum Gasteiger partial charge on any atom is 0.266 e. The molecule has 26 heavy (non-hydrogen) atoms.